The van der Waals surface area contributed by atoms with Gasteiger partial charge in [0.05, 0.1) is 5.51 Å². The van der Waals surface area contributed by atoms with E-state index in [0.29, 0.717) is 0 Å². The molecule has 0 aromatic carbocycles. The van der Waals surface area contributed by atoms with Crippen molar-refractivity contribution in [2.75, 3.05) is 11.9 Å². The van der Waals surface area contributed by atoms with Crippen LogP contribution in [-0.2, 0) is 0 Å². The SMILES string of the molecule is CN1C(=O)c2scnc21. The van der Waals surface area contributed by atoms with Crippen LogP contribution in [0.4, 0.5) is 5.82 Å². The summed E-state index contributed by atoms with van der Waals surface area (Å²) >= 11 is 1.40. The molecule has 0 unspecified atom stereocenters. The van der Waals surface area contributed by atoms with Gasteiger partial charge in [0.1, 0.15) is 4.88 Å². The second-order valence-corrected chi connectivity index (χ2v) is 2.72. The van der Waals surface area contributed by atoms with Gasteiger partial charge in [-0.2, -0.15) is 0 Å². The van der Waals surface area contributed by atoms with E-state index in [1.807, 2.05) is 0 Å². The highest BCUT2D eigenvalue weighted by molar-refractivity contribution is 7.13. The Morgan fingerprint density at radius 1 is 1.78 bits per heavy atom. The van der Waals surface area contributed by atoms with Crippen LogP contribution in [0, 0.1) is 0 Å². The molecule has 0 fully saturated rings. The molecule has 0 radical (unpaired) electrons. The predicted octanol–water partition coefficient (Wildman–Crippen LogP) is 0.733. The molecule has 0 bridgehead atoms. The number of anilines is 1. The van der Waals surface area contributed by atoms with Crippen molar-refractivity contribution < 1.29 is 4.79 Å². The van der Waals surface area contributed by atoms with Crippen LogP contribution >= 0.6 is 11.3 Å². The van der Waals surface area contributed by atoms with Crippen molar-refractivity contribution >= 4 is 23.1 Å². The van der Waals surface area contributed by atoms with Crippen molar-refractivity contribution in [1.82, 2.24) is 4.98 Å². The third-order valence-electron chi connectivity index (χ3n) is 1.37. The van der Waals surface area contributed by atoms with Crippen LogP contribution in [0.5, 0.6) is 0 Å². The minimum atomic E-state index is 0.0903. The molecule has 4 heteroatoms. The van der Waals surface area contributed by atoms with Crippen LogP contribution in [0.3, 0.4) is 0 Å². The minimum absolute atomic E-state index is 0.0903. The van der Waals surface area contributed by atoms with Gasteiger partial charge >= 0.3 is 0 Å². The predicted molar refractivity (Wildman–Crippen MR) is 34.8 cm³/mol. The number of amides is 1. The molecule has 3 nitrogen and oxygen atoms in total. The molecule has 0 saturated carbocycles. The van der Waals surface area contributed by atoms with E-state index in [1.54, 1.807) is 17.5 Å². The lowest BCUT2D eigenvalue weighted by Crippen LogP contribution is -2.35. The summed E-state index contributed by atoms with van der Waals surface area (Å²) in [5.41, 5.74) is 1.69. The standard InChI is InChI=1S/C5H4N2OS/c1-7-4-3(5(7)8)9-2-6-4/h2H,1H3. The van der Waals surface area contributed by atoms with Crippen LogP contribution in [0.15, 0.2) is 5.51 Å². The first-order chi connectivity index (χ1) is 4.30. The summed E-state index contributed by atoms with van der Waals surface area (Å²) in [5, 5.41) is 0. The molecular formula is C5H4N2OS. The van der Waals surface area contributed by atoms with Crippen LogP contribution in [-0.4, -0.2) is 17.9 Å². The van der Waals surface area contributed by atoms with Crippen LogP contribution < -0.4 is 4.90 Å². The Morgan fingerprint density at radius 3 is 3.22 bits per heavy atom. The van der Waals surface area contributed by atoms with Crippen molar-refractivity contribution in [3.8, 4) is 0 Å². The summed E-state index contributed by atoms with van der Waals surface area (Å²) in [6, 6.07) is 0. The number of carbonyl (C=O) groups is 1. The van der Waals surface area contributed by atoms with Gasteiger partial charge in [-0.15, -0.1) is 11.3 Å². The van der Waals surface area contributed by atoms with Crippen molar-refractivity contribution in [3.05, 3.63) is 10.4 Å². The third kappa shape index (κ3) is 0.415. The number of thiazole rings is 1. The highest BCUT2D eigenvalue weighted by Gasteiger charge is 2.32. The highest BCUT2D eigenvalue weighted by Crippen LogP contribution is 2.32. The maximum atomic E-state index is 10.8. The maximum absolute atomic E-state index is 10.8. The number of hydrogen-bond donors (Lipinski definition) is 0. The minimum Gasteiger partial charge on any atom is -0.294 e. The van der Waals surface area contributed by atoms with Gasteiger partial charge in [-0.05, 0) is 0 Å². The van der Waals surface area contributed by atoms with E-state index in [1.165, 1.54) is 11.3 Å². The molecule has 0 aliphatic carbocycles. The second-order valence-electron chi connectivity index (χ2n) is 1.87. The first kappa shape index (κ1) is 4.93. The fourth-order valence-corrected chi connectivity index (χ4v) is 1.61. The van der Waals surface area contributed by atoms with Gasteiger partial charge in [0, 0.05) is 7.05 Å². The molecular weight excluding hydrogens is 136 g/mol. The topological polar surface area (TPSA) is 33.2 Å². The molecule has 9 heavy (non-hydrogen) atoms. The first-order valence-electron chi connectivity index (χ1n) is 2.52. The zero-order valence-electron chi connectivity index (χ0n) is 4.79. The van der Waals surface area contributed by atoms with Gasteiger partial charge in [0.15, 0.2) is 5.82 Å². The Hall–Kier alpha value is -0.900. The lowest BCUT2D eigenvalue weighted by molar-refractivity contribution is 0.0977. The Bertz CT molecular complexity index is 268. The molecule has 0 spiro atoms. The van der Waals surface area contributed by atoms with Crippen LogP contribution in [0.2, 0.25) is 0 Å². The van der Waals surface area contributed by atoms with Gasteiger partial charge in [0.25, 0.3) is 5.91 Å². The molecule has 2 rings (SSSR count). The first-order valence-corrected chi connectivity index (χ1v) is 3.40. The van der Waals surface area contributed by atoms with Crippen molar-refractivity contribution in [2.24, 2.45) is 0 Å². The normalized spacial score (nSPS) is 15.2. The van der Waals surface area contributed by atoms with E-state index in [4.69, 9.17) is 0 Å². The number of hydrogen-bond acceptors (Lipinski definition) is 3. The largest absolute Gasteiger partial charge is 0.294 e. The summed E-state index contributed by atoms with van der Waals surface area (Å²) in [6.07, 6.45) is 0. The summed E-state index contributed by atoms with van der Waals surface area (Å²) in [4.78, 5) is 17.1. The summed E-state index contributed by atoms with van der Waals surface area (Å²) in [5.74, 6) is 0.914. The molecule has 0 atom stereocenters. The average Bonchev–Trinajstić information content (AvgIpc) is 2.30. The van der Waals surface area contributed by atoms with Gasteiger partial charge in [-0.3, -0.25) is 9.69 Å². The monoisotopic (exact) mass is 140 g/mol. The molecule has 1 aromatic rings. The van der Waals surface area contributed by atoms with E-state index >= 15 is 0 Å². The molecule has 2 heterocycles. The number of nitrogens with zero attached hydrogens (tertiary/aromatic N) is 2. The van der Waals surface area contributed by atoms with Gasteiger partial charge in [-0.25, -0.2) is 4.98 Å². The highest BCUT2D eigenvalue weighted by atomic mass is 32.1. The Labute approximate surface area is 55.9 Å². The summed E-state index contributed by atoms with van der Waals surface area (Å²) in [7, 11) is 1.73. The Kier molecular flexibility index (Phi) is 0.728. The number of rotatable bonds is 0. The lowest BCUT2D eigenvalue weighted by atomic mass is 10.3. The molecule has 1 aliphatic rings. The van der Waals surface area contributed by atoms with E-state index in [2.05, 4.69) is 4.98 Å². The van der Waals surface area contributed by atoms with E-state index in [9.17, 15) is 4.79 Å². The van der Waals surface area contributed by atoms with E-state index < -0.39 is 0 Å². The van der Waals surface area contributed by atoms with E-state index in [-0.39, 0.29) is 5.91 Å². The maximum Gasteiger partial charge on any atom is 0.273 e. The molecule has 0 saturated heterocycles. The van der Waals surface area contributed by atoms with Crippen LogP contribution in [0.25, 0.3) is 0 Å². The molecule has 1 amide bonds. The third-order valence-corrected chi connectivity index (χ3v) is 2.17. The zero-order chi connectivity index (χ0) is 6.43. The second kappa shape index (κ2) is 1.33. The van der Waals surface area contributed by atoms with Crippen LogP contribution in [0.1, 0.15) is 9.67 Å². The van der Waals surface area contributed by atoms with Crippen molar-refractivity contribution in [3.63, 3.8) is 0 Å². The molecule has 0 N–H and O–H groups in total. The molecule has 1 aliphatic heterocycles. The fourth-order valence-electron chi connectivity index (χ4n) is 0.821. The molecule has 1 aromatic heterocycles. The quantitative estimate of drug-likeness (QED) is 0.532. The number of fused-ring (bicyclic) bond motifs is 1. The average molecular weight is 140 g/mol. The Balaban J connectivity index is 2.62. The molecule has 46 valence electrons. The van der Waals surface area contributed by atoms with Gasteiger partial charge < -0.3 is 0 Å². The number of aromatic nitrogens is 1. The summed E-state index contributed by atoms with van der Waals surface area (Å²) in [6.45, 7) is 0. The lowest BCUT2D eigenvalue weighted by Gasteiger charge is -2.23. The Morgan fingerprint density at radius 2 is 2.56 bits per heavy atom. The smallest absolute Gasteiger partial charge is 0.273 e. The van der Waals surface area contributed by atoms with Crippen molar-refractivity contribution in [1.29, 1.82) is 0 Å². The van der Waals surface area contributed by atoms with E-state index in [0.717, 1.165) is 10.7 Å². The number of carbonyl (C=O) groups excluding carboxylic acids is 1. The van der Waals surface area contributed by atoms with Gasteiger partial charge in [0.2, 0.25) is 0 Å². The fraction of sp³-hybridized carbons (Fsp3) is 0.200. The summed E-state index contributed by atoms with van der Waals surface area (Å²) < 4.78 is 0. The zero-order valence-corrected chi connectivity index (χ0v) is 5.60. The van der Waals surface area contributed by atoms with Crippen molar-refractivity contribution in [2.45, 2.75) is 0 Å². The van der Waals surface area contributed by atoms with Gasteiger partial charge in [-0.1, -0.05) is 0 Å².